The lowest BCUT2D eigenvalue weighted by Gasteiger charge is -2.29. The quantitative estimate of drug-likeness (QED) is 0.853. The van der Waals surface area contributed by atoms with Gasteiger partial charge in [0.2, 0.25) is 0 Å². The largest absolute Gasteiger partial charge is 0.399 e. The van der Waals surface area contributed by atoms with Gasteiger partial charge in [-0.2, -0.15) is 0 Å². The Labute approximate surface area is 109 Å². The molecular formula is C14H21NO2S. The van der Waals surface area contributed by atoms with Gasteiger partial charge >= 0.3 is 0 Å². The van der Waals surface area contributed by atoms with Gasteiger partial charge in [-0.25, -0.2) is 8.42 Å². The Hall–Kier alpha value is -1.03. The van der Waals surface area contributed by atoms with Crippen LogP contribution in [-0.2, 0) is 15.3 Å². The molecule has 0 bridgehead atoms. The molecule has 1 aliphatic carbocycles. The lowest BCUT2D eigenvalue weighted by atomic mass is 9.80. The maximum atomic E-state index is 12.0. The van der Waals surface area contributed by atoms with Crippen LogP contribution in [0.25, 0.3) is 0 Å². The SMILES string of the molecule is CCS(=O)(=O)CC1(c2cccc(N)c2)CCCC1. The second kappa shape index (κ2) is 4.92. The predicted molar refractivity (Wildman–Crippen MR) is 75.3 cm³/mol. The minimum atomic E-state index is -2.96. The third kappa shape index (κ3) is 2.69. The van der Waals surface area contributed by atoms with Crippen molar-refractivity contribution in [3.63, 3.8) is 0 Å². The van der Waals surface area contributed by atoms with Crippen molar-refractivity contribution >= 4 is 15.5 Å². The van der Waals surface area contributed by atoms with Crippen LogP contribution in [0.4, 0.5) is 5.69 Å². The van der Waals surface area contributed by atoms with Crippen LogP contribution in [0.15, 0.2) is 24.3 Å². The van der Waals surface area contributed by atoms with E-state index in [9.17, 15) is 8.42 Å². The molecule has 1 aromatic rings. The first-order valence-corrected chi connectivity index (χ1v) is 8.36. The van der Waals surface area contributed by atoms with Gasteiger partial charge in [0.15, 0.2) is 9.84 Å². The van der Waals surface area contributed by atoms with Gasteiger partial charge in [0, 0.05) is 16.9 Å². The molecule has 4 heteroatoms. The molecule has 0 spiro atoms. The summed E-state index contributed by atoms with van der Waals surface area (Å²) in [5.41, 5.74) is 7.44. The molecule has 2 N–H and O–H groups in total. The second-order valence-corrected chi connectivity index (χ2v) is 7.64. The zero-order valence-corrected chi connectivity index (χ0v) is 11.7. The summed E-state index contributed by atoms with van der Waals surface area (Å²) in [4.78, 5) is 0. The van der Waals surface area contributed by atoms with Crippen LogP contribution < -0.4 is 5.73 Å². The van der Waals surface area contributed by atoms with Crippen LogP contribution in [0.3, 0.4) is 0 Å². The normalized spacial score (nSPS) is 18.9. The van der Waals surface area contributed by atoms with Crippen molar-refractivity contribution in [2.45, 2.75) is 38.0 Å². The lowest BCUT2D eigenvalue weighted by molar-refractivity contribution is 0.482. The molecule has 100 valence electrons. The molecule has 0 aromatic heterocycles. The number of rotatable bonds is 4. The molecule has 0 heterocycles. The van der Waals surface area contributed by atoms with E-state index in [1.165, 1.54) is 0 Å². The number of hydrogen-bond acceptors (Lipinski definition) is 3. The van der Waals surface area contributed by atoms with Crippen LogP contribution in [0.5, 0.6) is 0 Å². The van der Waals surface area contributed by atoms with Crippen LogP contribution in [0.1, 0.15) is 38.2 Å². The van der Waals surface area contributed by atoms with Crippen LogP contribution in [0.2, 0.25) is 0 Å². The summed E-state index contributed by atoms with van der Waals surface area (Å²) in [6, 6.07) is 7.73. The number of nitrogens with two attached hydrogens (primary N) is 1. The molecular weight excluding hydrogens is 246 g/mol. The molecule has 0 radical (unpaired) electrons. The fraction of sp³-hybridized carbons (Fsp3) is 0.571. The summed E-state index contributed by atoms with van der Waals surface area (Å²) in [5, 5.41) is 0. The highest BCUT2D eigenvalue weighted by Gasteiger charge is 2.39. The molecule has 0 saturated heterocycles. The van der Waals surface area contributed by atoms with Gasteiger partial charge in [0.05, 0.1) is 5.75 Å². The van der Waals surface area contributed by atoms with E-state index >= 15 is 0 Å². The number of nitrogen functional groups attached to an aromatic ring is 1. The van der Waals surface area contributed by atoms with Gasteiger partial charge < -0.3 is 5.73 Å². The van der Waals surface area contributed by atoms with E-state index in [4.69, 9.17) is 5.73 Å². The molecule has 1 aliphatic rings. The van der Waals surface area contributed by atoms with E-state index < -0.39 is 9.84 Å². The van der Waals surface area contributed by atoms with E-state index in [-0.39, 0.29) is 16.9 Å². The van der Waals surface area contributed by atoms with Gasteiger partial charge in [-0.15, -0.1) is 0 Å². The Balaban J connectivity index is 2.39. The zero-order valence-electron chi connectivity index (χ0n) is 10.9. The molecule has 1 saturated carbocycles. The van der Waals surface area contributed by atoms with Crippen molar-refractivity contribution in [2.24, 2.45) is 0 Å². The number of anilines is 1. The Bertz CT molecular complexity index is 516. The van der Waals surface area contributed by atoms with E-state index in [1.807, 2.05) is 24.3 Å². The molecule has 3 nitrogen and oxygen atoms in total. The van der Waals surface area contributed by atoms with E-state index in [0.717, 1.165) is 31.2 Å². The zero-order chi connectivity index (χ0) is 13.2. The summed E-state index contributed by atoms with van der Waals surface area (Å²) in [7, 11) is -2.96. The van der Waals surface area contributed by atoms with Gasteiger partial charge in [0.1, 0.15) is 0 Å². The third-order valence-corrected chi connectivity index (χ3v) is 5.87. The van der Waals surface area contributed by atoms with Crippen molar-refractivity contribution < 1.29 is 8.42 Å². The lowest BCUT2D eigenvalue weighted by Crippen LogP contribution is -2.32. The van der Waals surface area contributed by atoms with Crippen molar-refractivity contribution in [1.29, 1.82) is 0 Å². The highest BCUT2D eigenvalue weighted by atomic mass is 32.2. The number of hydrogen-bond donors (Lipinski definition) is 1. The number of benzene rings is 1. The summed E-state index contributed by atoms with van der Waals surface area (Å²) in [5.74, 6) is 0.483. The van der Waals surface area contributed by atoms with Crippen molar-refractivity contribution in [1.82, 2.24) is 0 Å². The Morgan fingerprint density at radius 1 is 1.28 bits per heavy atom. The third-order valence-electron chi connectivity index (χ3n) is 4.00. The minimum Gasteiger partial charge on any atom is -0.399 e. The fourth-order valence-corrected chi connectivity index (χ4v) is 4.46. The van der Waals surface area contributed by atoms with Gasteiger partial charge in [0.25, 0.3) is 0 Å². The highest BCUT2D eigenvalue weighted by molar-refractivity contribution is 7.91. The first-order valence-electron chi connectivity index (χ1n) is 6.54. The van der Waals surface area contributed by atoms with E-state index in [1.54, 1.807) is 6.92 Å². The molecule has 0 aliphatic heterocycles. The standard InChI is InChI=1S/C14H21NO2S/c1-2-18(16,17)11-14(8-3-4-9-14)12-6-5-7-13(15)10-12/h5-7,10H,2-4,8-9,11,15H2,1H3. The molecule has 1 aromatic carbocycles. The maximum Gasteiger partial charge on any atom is 0.150 e. The van der Waals surface area contributed by atoms with Crippen molar-refractivity contribution in [3.05, 3.63) is 29.8 Å². The van der Waals surface area contributed by atoms with E-state index in [2.05, 4.69) is 0 Å². The molecule has 18 heavy (non-hydrogen) atoms. The summed E-state index contributed by atoms with van der Waals surface area (Å²) in [6.07, 6.45) is 4.12. The van der Waals surface area contributed by atoms with Crippen LogP contribution in [-0.4, -0.2) is 19.9 Å². The Morgan fingerprint density at radius 2 is 1.94 bits per heavy atom. The van der Waals surface area contributed by atoms with Gasteiger partial charge in [-0.05, 0) is 30.5 Å². The summed E-state index contributed by atoms with van der Waals surface area (Å²) in [6.45, 7) is 1.72. The predicted octanol–water partition coefficient (Wildman–Crippen LogP) is 2.52. The highest BCUT2D eigenvalue weighted by Crippen LogP contribution is 2.42. The topological polar surface area (TPSA) is 60.2 Å². The fourth-order valence-electron chi connectivity index (χ4n) is 2.96. The smallest absolute Gasteiger partial charge is 0.150 e. The molecule has 0 amide bonds. The first-order chi connectivity index (χ1) is 8.47. The van der Waals surface area contributed by atoms with Gasteiger partial charge in [-0.3, -0.25) is 0 Å². The Kier molecular flexibility index (Phi) is 3.66. The average Bonchev–Trinajstić information content (AvgIpc) is 2.78. The molecule has 1 fully saturated rings. The second-order valence-electron chi connectivity index (χ2n) is 5.29. The first kappa shape index (κ1) is 13.4. The molecule has 0 atom stereocenters. The average molecular weight is 267 g/mol. The van der Waals surface area contributed by atoms with Crippen molar-refractivity contribution in [2.75, 3.05) is 17.2 Å². The summed E-state index contributed by atoms with van der Waals surface area (Å²) >= 11 is 0. The molecule has 2 rings (SSSR count). The van der Waals surface area contributed by atoms with E-state index in [0.29, 0.717) is 5.69 Å². The maximum absolute atomic E-state index is 12.0. The van der Waals surface area contributed by atoms with Crippen molar-refractivity contribution in [3.8, 4) is 0 Å². The number of sulfone groups is 1. The van der Waals surface area contributed by atoms with Crippen LogP contribution >= 0.6 is 0 Å². The van der Waals surface area contributed by atoms with Crippen LogP contribution in [0, 0.1) is 0 Å². The monoisotopic (exact) mass is 267 g/mol. The Morgan fingerprint density at radius 3 is 2.50 bits per heavy atom. The van der Waals surface area contributed by atoms with Gasteiger partial charge in [-0.1, -0.05) is 31.9 Å². The minimum absolute atomic E-state index is 0.204. The summed E-state index contributed by atoms with van der Waals surface area (Å²) < 4.78 is 24.0. The molecule has 0 unspecified atom stereocenters.